The molecule has 2 rings (SSSR count). The number of hydrogen-bond donors (Lipinski definition) is 2. The highest BCUT2D eigenvalue weighted by molar-refractivity contribution is 6.01. The van der Waals surface area contributed by atoms with Crippen molar-refractivity contribution < 1.29 is 14.3 Å². The Morgan fingerprint density at radius 1 is 1.37 bits per heavy atom. The van der Waals surface area contributed by atoms with Gasteiger partial charge in [-0.1, -0.05) is 0 Å². The van der Waals surface area contributed by atoms with Gasteiger partial charge in [0.15, 0.2) is 0 Å². The van der Waals surface area contributed by atoms with Crippen LogP contribution in [0.15, 0.2) is 24.7 Å². The second-order valence-electron chi connectivity index (χ2n) is 3.51. The highest BCUT2D eigenvalue weighted by Crippen LogP contribution is 2.12. The van der Waals surface area contributed by atoms with Gasteiger partial charge in [-0.2, -0.15) is 5.10 Å². The Kier molecular flexibility index (Phi) is 4.40. The van der Waals surface area contributed by atoms with E-state index in [-0.39, 0.29) is 11.7 Å². The number of ether oxygens (including phenoxy) is 2. The summed E-state index contributed by atoms with van der Waals surface area (Å²) in [5.74, 6) is 0.225. The van der Waals surface area contributed by atoms with Gasteiger partial charge in [-0.3, -0.25) is 9.89 Å². The van der Waals surface area contributed by atoms with Crippen molar-refractivity contribution in [2.24, 2.45) is 0 Å². The van der Waals surface area contributed by atoms with Gasteiger partial charge in [-0.05, 0) is 6.07 Å². The van der Waals surface area contributed by atoms with Crippen LogP contribution >= 0.6 is 0 Å². The molecule has 0 spiro atoms. The fourth-order valence-electron chi connectivity index (χ4n) is 1.27. The number of H-pyrrole nitrogens is 1. The number of nitrogens with one attached hydrogen (secondary N) is 2. The number of nitrogens with zero attached hydrogens (tertiary/aromatic N) is 3. The van der Waals surface area contributed by atoms with E-state index in [2.05, 4.69) is 25.5 Å². The molecule has 100 valence electrons. The first-order valence-electron chi connectivity index (χ1n) is 5.54. The van der Waals surface area contributed by atoms with E-state index in [4.69, 9.17) is 9.47 Å². The third-order valence-corrected chi connectivity index (χ3v) is 2.16. The Labute approximate surface area is 109 Å². The van der Waals surface area contributed by atoms with Crippen molar-refractivity contribution in [3.63, 3.8) is 0 Å². The first-order chi connectivity index (χ1) is 9.29. The zero-order valence-electron chi connectivity index (χ0n) is 10.3. The number of aromatic nitrogens is 4. The third-order valence-electron chi connectivity index (χ3n) is 2.16. The first-order valence-corrected chi connectivity index (χ1v) is 5.54. The van der Waals surface area contributed by atoms with Gasteiger partial charge in [0, 0.05) is 13.2 Å². The van der Waals surface area contributed by atoms with E-state index in [1.807, 2.05) is 0 Å². The minimum atomic E-state index is -0.382. The van der Waals surface area contributed by atoms with E-state index in [9.17, 15) is 4.79 Å². The molecule has 0 aliphatic carbocycles. The Hall–Kier alpha value is -2.48. The van der Waals surface area contributed by atoms with Crippen molar-refractivity contribution in [2.75, 3.05) is 25.6 Å². The molecule has 2 aromatic rings. The number of amides is 1. The van der Waals surface area contributed by atoms with Crippen molar-refractivity contribution in [1.82, 2.24) is 20.2 Å². The third kappa shape index (κ3) is 3.75. The second-order valence-corrected chi connectivity index (χ2v) is 3.51. The summed E-state index contributed by atoms with van der Waals surface area (Å²) in [5.41, 5.74) is 0.542. The van der Waals surface area contributed by atoms with Crippen molar-refractivity contribution >= 4 is 11.6 Å². The monoisotopic (exact) mass is 263 g/mol. The number of carbonyl (C=O) groups is 1. The number of anilines is 1. The van der Waals surface area contributed by atoms with Crippen LogP contribution in [0.5, 0.6) is 5.88 Å². The van der Waals surface area contributed by atoms with Crippen molar-refractivity contribution in [3.05, 3.63) is 30.5 Å². The molecule has 19 heavy (non-hydrogen) atoms. The molecule has 0 aliphatic heterocycles. The maximum Gasteiger partial charge on any atom is 0.293 e. The number of aromatic amines is 1. The molecule has 0 aromatic carbocycles. The fourth-order valence-corrected chi connectivity index (χ4v) is 1.27. The zero-order valence-corrected chi connectivity index (χ0v) is 10.3. The molecule has 8 nitrogen and oxygen atoms in total. The lowest BCUT2D eigenvalue weighted by molar-refractivity contribution is 0.101. The van der Waals surface area contributed by atoms with E-state index < -0.39 is 0 Å². The zero-order chi connectivity index (χ0) is 13.5. The molecule has 0 unspecified atom stereocenters. The average molecular weight is 263 g/mol. The molecule has 0 saturated carbocycles. The Bertz CT molecular complexity index is 512. The maximum atomic E-state index is 11.7. The van der Waals surface area contributed by atoms with Gasteiger partial charge in [-0.25, -0.2) is 9.97 Å². The molecule has 0 aliphatic rings. The molecule has 2 heterocycles. The van der Waals surface area contributed by atoms with E-state index in [0.717, 1.165) is 0 Å². The van der Waals surface area contributed by atoms with Gasteiger partial charge in [0.1, 0.15) is 12.9 Å². The highest BCUT2D eigenvalue weighted by atomic mass is 16.5. The van der Waals surface area contributed by atoms with E-state index >= 15 is 0 Å². The van der Waals surface area contributed by atoms with Gasteiger partial charge in [0.25, 0.3) is 5.91 Å². The fraction of sp³-hybridized carbons (Fsp3) is 0.273. The minimum absolute atomic E-state index is 0.139. The summed E-state index contributed by atoms with van der Waals surface area (Å²) in [5, 5.41) is 8.69. The quantitative estimate of drug-likeness (QED) is 0.735. The Morgan fingerprint density at radius 2 is 2.26 bits per heavy atom. The van der Waals surface area contributed by atoms with Crippen LogP contribution in [0.3, 0.4) is 0 Å². The smallest absolute Gasteiger partial charge is 0.293 e. The van der Waals surface area contributed by atoms with Crippen LogP contribution in [0.25, 0.3) is 0 Å². The van der Waals surface area contributed by atoms with E-state index in [0.29, 0.717) is 24.8 Å². The van der Waals surface area contributed by atoms with Crippen LogP contribution in [-0.4, -0.2) is 46.4 Å². The topological polar surface area (TPSA) is 102 Å². The summed E-state index contributed by atoms with van der Waals surface area (Å²) < 4.78 is 10.2. The average Bonchev–Trinajstić information content (AvgIpc) is 2.95. The van der Waals surface area contributed by atoms with Gasteiger partial charge >= 0.3 is 0 Å². The number of rotatable bonds is 6. The van der Waals surface area contributed by atoms with Crippen LogP contribution in [0.4, 0.5) is 5.69 Å². The number of hydrogen-bond acceptors (Lipinski definition) is 6. The number of methoxy groups -OCH3 is 1. The highest BCUT2D eigenvalue weighted by Gasteiger charge is 2.08. The molecule has 0 atom stereocenters. The van der Waals surface area contributed by atoms with Gasteiger partial charge in [0.2, 0.25) is 11.7 Å². The lowest BCUT2D eigenvalue weighted by atomic mass is 10.4. The predicted octanol–water partition coefficient (Wildman–Crippen LogP) is 0.477. The summed E-state index contributed by atoms with van der Waals surface area (Å²) in [6.45, 7) is 0.916. The van der Waals surface area contributed by atoms with Crippen molar-refractivity contribution in [3.8, 4) is 5.88 Å². The molecular formula is C11H13N5O3. The first kappa shape index (κ1) is 13.0. The Morgan fingerprint density at radius 3 is 2.89 bits per heavy atom. The Balaban J connectivity index is 1.90. The molecule has 0 bridgehead atoms. The summed E-state index contributed by atoms with van der Waals surface area (Å²) in [7, 11) is 1.60. The molecule has 0 radical (unpaired) electrons. The molecule has 8 heteroatoms. The lowest BCUT2D eigenvalue weighted by Gasteiger charge is -2.06. The van der Waals surface area contributed by atoms with Gasteiger partial charge < -0.3 is 14.8 Å². The van der Waals surface area contributed by atoms with Crippen LogP contribution in [-0.2, 0) is 4.74 Å². The minimum Gasteiger partial charge on any atom is -0.475 e. The van der Waals surface area contributed by atoms with Gasteiger partial charge in [0.05, 0.1) is 18.5 Å². The normalized spacial score (nSPS) is 10.2. The maximum absolute atomic E-state index is 11.7. The lowest BCUT2D eigenvalue weighted by Crippen LogP contribution is -2.14. The molecule has 2 aromatic heterocycles. The molecule has 1 amide bonds. The molecule has 0 saturated heterocycles. The molecular weight excluding hydrogens is 250 g/mol. The summed E-state index contributed by atoms with van der Waals surface area (Å²) in [6.07, 6.45) is 2.76. The summed E-state index contributed by atoms with van der Waals surface area (Å²) in [4.78, 5) is 19.4. The van der Waals surface area contributed by atoms with Crippen molar-refractivity contribution in [2.45, 2.75) is 0 Å². The standard InChI is InChI=1S/C11H13N5O3/c1-18-4-5-19-9-3-2-8(6-12-9)15-11(17)10-13-7-14-16-10/h2-3,6-7H,4-5H2,1H3,(H,15,17)(H,13,14,16). The largest absolute Gasteiger partial charge is 0.475 e. The number of pyridine rings is 1. The predicted molar refractivity (Wildman–Crippen MR) is 65.9 cm³/mol. The summed E-state index contributed by atoms with van der Waals surface area (Å²) >= 11 is 0. The molecule has 2 N–H and O–H groups in total. The van der Waals surface area contributed by atoms with Crippen LogP contribution < -0.4 is 10.1 Å². The number of carbonyl (C=O) groups excluding carboxylic acids is 1. The molecule has 0 fully saturated rings. The SMILES string of the molecule is COCCOc1ccc(NC(=O)c2ncn[nH]2)cn1. The van der Waals surface area contributed by atoms with Crippen LogP contribution in [0, 0.1) is 0 Å². The van der Waals surface area contributed by atoms with Crippen LogP contribution in [0.2, 0.25) is 0 Å². The summed E-state index contributed by atoms with van der Waals surface area (Å²) in [6, 6.07) is 3.34. The van der Waals surface area contributed by atoms with Crippen molar-refractivity contribution in [1.29, 1.82) is 0 Å². The van der Waals surface area contributed by atoms with Gasteiger partial charge in [-0.15, -0.1) is 0 Å². The van der Waals surface area contributed by atoms with E-state index in [1.165, 1.54) is 12.5 Å². The van der Waals surface area contributed by atoms with E-state index in [1.54, 1.807) is 19.2 Å². The van der Waals surface area contributed by atoms with Crippen LogP contribution in [0.1, 0.15) is 10.6 Å². The second kappa shape index (κ2) is 6.45.